The predicted molar refractivity (Wildman–Crippen MR) is 93.3 cm³/mol. The molecule has 0 aliphatic carbocycles. The van der Waals surface area contributed by atoms with E-state index < -0.39 is 10.2 Å². The quantitative estimate of drug-likeness (QED) is 0.597. The molecule has 3 rings (SSSR count). The number of rotatable bonds is 7. The van der Waals surface area contributed by atoms with Gasteiger partial charge < -0.3 is 4.74 Å². The summed E-state index contributed by atoms with van der Waals surface area (Å²) in [4.78, 5) is 8.53. The first-order valence-corrected chi connectivity index (χ1v) is 9.87. The van der Waals surface area contributed by atoms with Gasteiger partial charge in [-0.05, 0) is 12.0 Å². The summed E-state index contributed by atoms with van der Waals surface area (Å²) in [5.74, 6) is 1.22. The largest absolute Gasteiger partial charge is 0.481 e. The summed E-state index contributed by atoms with van der Waals surface area (Å²) >= 11 is 1.42. The minimum atomic E-state index is -3.56. The topological polar surface area (TPSA) is 84.4 Å². The number of nitrogens with zero attached hydrogens (tertiary/aromatic N) is 3. The van der Waals surface area contributed by atoms with Crippen LogP contribution in [0, 0.1) is 0 Å². The van der Waals surface area contributed by atoms with Crippen LogP contribution in [0.1, 0.15) is 12.0 Å². The molecule has 1 N–H and O–H groups in total. The first-order chi connectivity index (χ1) is 11.6. The zero-order valence-electron chi connectivity index (χ0n) is 13.2. The Bertz CT molecular complexity index is 796. The Labute approximate surface area is 145 Å². The van der Waals surface area contributed by atoms with Gasteiger partial charge >= 0.3 is 10.2 Å². The summed E-state index contributed by atoms with van der Waals surface area (Å²) in [6, 6.07) is 11.4. The third-order valence-corrected chi connectivity index (χ3v) is 5.92. The molecule has 0 spiro atoms. The number of benzene rings is 1. The van der Waals surface area contributed by atoms with Crippen LogP contribution in [0.3, 0.4) is 0 Å². The van der Waals surface area contributed by atoms with E-state index >= 15 is 0 Å². The van der Waals surface area contributed by atoms with Crippen LogP contribution in [0.25, 0.3) is 0 Å². The molecule has 1 aromatic carbocycles. The van der Waals surface area contributed by atoms with Crippen LogP contribution < -0.4 is 9.46 Å². The molecule has 0 saturated carbocycles. The van der Waals surface area contributed by atoms with Crippen molar-refractivity contribution in [3.63, 3.8) is 0 Å². The fraction of sp³-hybridized carbons (Fsp3) is 0.333. The van der Waals surface area contributed by atoms with E-state index in [0.29, 0.717) is 29.9 Å². The Morgan fingerprint density at radius 3 is 2.62 bits per heavy atom. The molecule has 2 aromatic rings. The summed E-state index contributed by atoms with van der Waals surface area (Å²) in [6.45, 7) is 1.07. The first-order valence-electron chi connectivity index (χ1n) is 7.44. The number of aromatic nitrogens is 2. The smallest absolute Gasteiger partial charge is 0.302 e. The lowest BCUT2D eigenvalue weighted by Crippen LogP contribution is -2.45. The molecule has 1 aromatic heterocycles. The molecule has 0 atom stereocenters. The summed E-state index contributed by atoms with van der Waals surface area (Å²) in [6.07, 6.45) is 0.881. The van der Waals surface area contributed by atoms with Gasteiger partial charge in [0, 0.05) is 24.9 Å². The second-order valence-electron chi connectivity index (χ2n) is 5.21. The highest BCUT2D eigenvalue weighted by Crippen LogP contribution is 2.25. The van der Waals surface area contributed by atoms with Crippen LogP contribution in [0.15, 0.2) is 41.6 Å². The zero-order chi connectivity index (χ0) is 17.0. The Morgan fingerprint density at radius 1 is 1.25 bits per heavy atom. The Kier molecular flexibility index (Phi) is 5.22. The molecule has 128 valence electrons. The summed E-state index contributed by atoms with van der Waals surface area (Å²) < 4.78 is 33.4. The number of nitrogens with one attached hydrogen (secondary N) is 1. The highest BCUT2D eigenvalue weighted by Gasteiger charge is 2.28. The average molecular weight is 366 g/mol. The molecule has 9 heteroatoms. The van der Waals surface area contributed by atoms with E-state index in [1.54, 1.807) is 0 Å². The molecule has 0 bridgehead atoms. The van der Waals surface area contributed by atoms with Crippen LogP contribution in [-0.4, -0.2) is 42.9 Å². The van der Waals surface area contributed by atoms with E-state index in [-0.39, 0.29) is 5.82 Å². The molecule has 0 radical (unpaired) electrons. The van der Waals surface area contributed by atoms with Gasteiger partial charge in [0.15, 0.2) is 5.16 Å². The van der Waals surface area contributed by atoms with Gasteiger partial charge in [-0.2, -0.15) is 17.7 Å². The standard InChI is InChI=1S/C15H18N4O3S2/c1-22-14-10-13(18-24(20,21)19-8-5-9-19)16-15(17-14)23-11-12-6-3-2-4-7-12/h2-4,6-7,10H,5,8-9,11H2,1H3,(H,16,17,18). The number of thioether (sulfide) groups is 1. The van der Waals surface area contributed by atoms with Crippen LogP contribution in [0.5, 0.6) is 5.88 Å². The summed E-state index contributed by atoms with van der Waals surface area (Å²) in [7, 11) is -2.07. The highest BCUT2D eigenvalue weighted by atomic mass is 32.2. The predicted octanol–water partition coefficient (Wildman–Crippen LogP) is 2.14. The van der Waals surface area contributed by atoms with Crippen LogP contribution in [-0.2, 0) is 16.0 Å². The van der Waals surface area contributed by atoms with Crippen molar-refractivity contribution < 1.29 is 13.2 Å². The van der Waals surface area contributed by atoms with Crippen molar-refractivity contribution in [1.82, 2.24) is 14.3 Å². The SMILES string of the molecule is COc1cc(NS(=O)(=O)N2CCC2)nc(SCc2ccccc2)n1. The van der Waals surface area contributed by atoms with Crippen LogP contribution in [0.4, 0.5) is 5.82 Å². The lowest BCUT2D eigenvalue weighted by molar-refractivity contribution is 0.311. The molecule has 1 aliphatic heterocycles. The van der Waals surface area contributed by atoms with E-state index in [0.717, 1.165) is 12.0 Å². The third-order valence-electron chi connectivity index (χ3n) is 3.49. The Balaban J connectivity index is 1.75. The Hall–Kier alpha value is -1.84. The molecule has 0 amide bonds. The maximum absolute atomic E-state index is 12.2. The van der Waals surface area contributed by atoms with Gasteiger partial charge in [0.2, 0.25) is 5.88 Å². The number of methoxy groups -OCH3 is 1. The lowest BCUT2D eigenvalue weighted by atomic mass is 10.2. The number of hydrogen-bond acceptors (Lipinski definition) is 6. The molecular formula is C15H18N4O3S2. The molecule has 2 heterocycles. The summed E-state index contributed by atoms with van der Waals surface area (Å²) in [5, 5.41) is 0.458. The molecule has 1 fully saturated rings. The van der Waals surface area contributed by atoms with Gasteiger partial charge in [0.05, 0.1) is 7.11 Å². The second kappa shape index (κ2) is 7.37. The van der Waals surface area contributed by atoms with Crippen molar-refractivity contribution >= 4 is 27.8 Å². The van der Waals surface area contributed by atoms with Gasteiger partial charge in [0.25, 0.3) is 0 Å². The van der Waals surface area contributed by atoms with Crippen molar-refractivity contribution in [2.75, 3.05) is 24.9 Å². The highest BCUT2D eigenvalue weighted by molar-refractivity contribution is 7.98. The lowest BCUT2D eigenvalue weighted by Gasteiger charge is -2.29. The van der Waals surface area contributed by atoms with E-state index in [9.17, 15) is 8.42 Å². The van der Waals surface area contributed by atoms with Gasteiger partial charge in [-0.1, -0.05) is 42.1 Å². The maximum atomic E-state index is 12.2. The molecule has 7 nitrogen and oxygen atoms in total. The van der Waals surface area contributed by atoms with E-state index in [4.69, 9.17) is 4.74 Å². The van der Waals surface area contributed by atoms with E-state index in [2.05, 4.69) is 14.7 Å². The molecule has 1 saturated heterocycles. The number of anilines is 1. The zero-order valence-corrected chi connectivity index (χ0v) is 14.8. The minimum Gasteiger partial charge on any atom is -0.481 e. The molecular weight excluding hydrogens is 348 g/mol. The van der Waals surface area contributed by atoms with Crippen molar-refractivity contribution in [3.05, 3.63) is 42.0 Å². The van der Waals surface area contributed by atoms with Gasteiger partial charge in [-0.15, -0.1) is 0 Å². The average Bonchev–Trinajstić information content (AvgIpc) is 2.51. The maximum Gasteiger partial charge on any atom is 0.302 e. The van der Waals surface area contributed by atoms with Gasteiger partial charge in [0.1, 0.15) is 5.82 Å². The number of hydrogen-bond donors (Lipinski definition) is 1. The van der Waals surface area contributed by atoms with Crippen molar-refractivity contribution in [1.29, 1.82) is 0 Å². The molecule has 0 unspecified atom stereocenters. The minimum absolute atomic E-state index is 0.212. The van der Waals surface area contributed by atoms with Crippen molar-refractivity contribution in [2.45, 2.75) is 17.3 Å². The van der Waals surface area contributed by atoms with Crippen molar-refractivity contribution in [3.8, 4) is 5.88 Å². The van der Waals surface area contributed by atoms with E-state index in [1.807, 2.05) is 30.3 Å². The van der Waals surface area contributed by atoms with Crippen LogP contribution >= 0.6 is 11.8 Å². The summed E-state index contributed by atoms with van der Waals surface area (Å²) in [5.41, 5.74) is 1.14. The Morgan fingerprint density at radius 2 is 2.00 bits per heavy atom. The number of ether oxygens (including phenoxy) is 1. The van der Waals surface area contributed by atoms with Gasteiger partial charge in [-0.3, -0.25) is 4.72 Å². The molecule has 24 heavy (non-hydrogen) atoms. The second-order valence-corrected chi connectivity index (χ2v) is 7.83. The normalized spacial score (nSPS) is 14.9. The monoisotopic (exact) mass is 366 g/mol. The first kappa shape index (κ1) is 17.0. The van der Waals surface area contributed by atoms with Gasteiger partial charge in [-0.25, -0.2) is 4.98 Å². The fourth-order valence-electron chi connectivity index (χ4n) is 2.07. The van der Waals surface area contributed by atoms with Crippen molar-refractivity contribution in [2.24, 2.45) is 0 Å². The van der Waals surface area contributed by atoms with E-state index in [1.165, 1.54) is 29.2 Å². The third kappa shape index (κ3) is 4.16. The molecule has 1 aliphatic rings. The fourth-order valence-corrected chi connectivity index (χ4v) is 4.11. The van der Waals surface area contributed by atoms with Crippen LogP contribution in [0.2, 0.25) is 0 Å².